The number of carbonyl (C=O) groups excluding carboxylic acids is 1. The largest absolute Gasteiger partial charge is 0.534 e. The molecule has 0 saturated heterocycles. The number of aromatic nitrogens is 2. The molecule has 0 amide bonds. The fourth-order valence-corrected chi connectivity index (χ4v) is 2.03. The monoisotopic (exact) mass is 380 g/mol. The van der Waals surface area contributed by atoms with Crippen LogP contribution in [0.1, 0.15) is 29.0 Å². The van der Waals surface area contributed by atoms with Crippen molar-refractivity contribution in [3.05, 3.63) is 41.9 Å². The minimum Gasteiger partial charge on any atom is -0.461 e. The van der Waals surface area contributed by atoms with Crippen molar-refractivity contribution in [1.82, 2.24) is 9.97 Å². The van der Waals surface area contributed by atoms with Crippen molar-refractivity contribution in [1.29, 1.82) is 0 Å². The van der Waals surface area contributed by atoms with Crippen LogP contribution >= 0.6 is 0 Å². The van der Waals surface area contributed by atoms with Gasteiger partial charge in [0.05, 0.1) is 19.2 Å². The summed E-state index contributed by atoms with van der Waals surface area (Å²) in [5.41, 5.74) is -5.27. The van der Waals surface area contributed by atoms with Crippen molar-refractivity contribution in [2.24, 2.45) is 0 Å². The van der Waals surface area contributed by atoms with Gasteiger partial charge in [0.25, 0.3) is 0 Å². The molecule has 12 heteroatoms. The van der Waals surface area contributed by atoms with E-state index >= 15 is 0 Å². The smallest absolute Gasteiger partial charge is 0.461 e. The summed E-state index contributed by atoms with van der Waals surface area (Å²) in [4.78, 5) is 19.1. The number of alkyl halides is 3. The molecule has 0 aliphatic carbocycles. The van der Waals surface area contributed by atoms with Crippen LogP contribution in [0, 0.1) is 0 Å². The Kier molecular flexibility index (Phi) is 5.30. The zero-order chi connectivity index (χ0) is 18.7. The maximum Gasteiger partial charge on any atom is 0.534 e. The van der Waals surface area contributed by atoms with Gasteiger partial charge in [-0.15, -0.1) is 0 Å². The normalized spacial score (nSPS) is 12.0. The fraction of sp³-hybridized carbons (Fsp3) is 0.308. The number of hydrogen-bond acceptors (Lipinski definition) is 8. The van der Waals surface area contributed by atoms with Gasteiger partial charge in [0.1, 0.15) is 6.26 Å². The predicted octanol–water partition coefficient (Wildman–Crippen LogP) is 2.07. The molecule has 2 heterocycles. The van der Waals surface area contributed by atoms with Crippen LogP contribution in [0.25, 0.3) is 0 Å². The van der Waals surface area contributed by atoms with E-state index in [1.54, 1.807) is 6.92 Å². The van der Waals surface area contributed by atoms with Gasteiger partial charge >= 0.3 is 21.6 Å². The molecule has 0 aliphatic rings. The summed E-state index contributed by atoms with van der Waals surface area (Å²) >= 11 is 0. The van der Waals surface area contributed by atoms with E-state index in [9.17, 15) is 26.4 Å². The molecule has 0 aliphatic heterocycles. The summed E-state index contributed by atoms with van der Waals surface area (Å²) in [7, 11) is -5.76. The highest BCUT2D eigenvalue weighted by Gasteiger charge is 2.48. The summed E-state index contributed by atoms with van der Waals surface area (Å²) in [6.45, 7) is 1.80. The van der Waals surface area contributed by atoms with Gasteiger partial charge in [0.15, 0.2) is 11.4 Å². The molecule has 8 nitrogen and oxygen atoms in total. The Hall–Kier alpha value is -2.63. The maximum absolute atomic E-state index is 12.2. The summed E-state index contributed by atoms with van der Waals surface area (Å²) < 4.78 is 72.1. The Morgan fingerprint density at radius 3 is 2.60 bits per heavy atom. The molecule has 0 unspecified atom stereocenters. The quantitative estimate of drug-likeness (QED) is 0.426. The van der Waals surface area contributed by atoms with Gasteiger partial charge in [-0.25, -0.2) is 9.78 Å². The van der Waals surface area contributed by atoms with Crippen molar-refractivity contribution in [3.63, 3.8) is 0 Å². The third kappa shape index (κ3) is 4.68. The maximum atomic E-state index is 12.2. The minimum absolute atomic E-state index is 0.0195. The van der Waals surface area contributed by atoms with Crippen molar-refractivity contribution in [2.75, 3.05) is 6.61 Å². The Bertz CT molecular complexity index is 845. The third-order valence-corrected chi connectivity index (χ3v) is 3.63. The molecule has 0 fully saturated rings. The minimum atomic E-state index is -5.76. The van der Waals surface area contributed by atoms with Gasteiger partial charge in [0.2, 0.25) is 5.89 Å². The summed E-state index contributed by atoms with van der Waals surface area (Å²) in [6.07, 6.45) is 1.93. The molecule has 25 heavy (non-hydrogen) atoms. The fourth-order valence-electron chi connectivity index (χ4n) is 1.58. The zero-order valence-electron chi connectivity index (χ0n) is 12.6. The second-order valence-electron chi connectivity index (χ2n) is 4.49. The SMILES string of the molecule is CCOC(=O)c1coc(Cc2ccc(OS(=O)(=O)C(F)(F)F)cn2)n1. The average molecular weight is 380 g/mol. The van der Waals surface area contributed by atoms with E-state index in [0.717, 1.165) is 18.5 Å². The van der Waals surface area contributed by atoms with E-state index in [0.29, 0.717) is 5.69 Å². The molecular formula is C13H11F3N2O6S. The van der Waals surface area contributed by atoms with Crippen LogP contribution in [0.2, 0.25) is 0 Å². The topological polar surface area (TPSA) is 109 Å². The number of pyridine rings is 1. The van der Waals surface area contributed by atoms with Crippen molar-refractivity contribution >= 4 is 16.1 Å². The second kappa shape index (κ2) is 7.09. The first-order valence-electron chi connectivity index (χ1n) is 6.69. The molecule has 0 radical (unpaired) electrons. The first-order valence-corrected chi connectivity index (χ1v) is 8.10. The van der Waals surface area contributed by atoms with Crippen molar-refractivity contribution in [3.8, 4) is 5.75 Å². The molecule has 0 spiro atoms. The lowest BCUT2D eigenvalue weighted by Crippen LogP contribution is -2.28. The molecule has 0 saturated carbocycles. The van der Waals surface area contributed by atoms with Crippen LogP contribution < -0.4 is 4.18 Å². The molecule has 0 N–H and O–H groups in total. The zero-order valence-corrected chi connectivity index (χ0v) is 13.4. The van der Waals surface area contributed by atoms with Crippen LogP contribution in [-0.4, -0.2) is 36.5 Å². The molecule has 2 rings (SSSR count). The van der Waals surface area contributed by atoms with E-state index < -0.39 is 27.3 Å². The molecule has 0 atom stereocenters. The number of carbonyl (C=O) groups is 1. The van der Waals surface area contributed by atoms with Gasteiger partial charge in [-0.3, -0.25) is 4.98 Å². The highest BCUT2D eigenvalue weighted by Crippen LogP contribution is 2.26. The Labute approximate surface area is 139 Å². The van der Waals surface area contributed by atoms with Gasteiger partial charge in [0, 0.05) is 5.69 Å². The van der Waals surface area contributed by atoms with Crippen molar-refractivity contribution < 1.29 is 39.7 Å². The van der Waals surface area contributed by atoms with E-state index in [2.05, 4.69) is 14.2 Å². The van der Waals surface area contributed by atoms with E-state index in [1.807, 2.05) is 0 Å². The molecule has 0 bridgehead atoms. The molecule has 136 valence electrons. The molecule has 2 aromatic rings. The van der Waals surface area contributed by atoms with Gasteiger partial charge in [-0.1, -0.05) is 0 Å². The van der Waals surface area contributed by atoms with E-state index in [4.69, 9.17) is 9.15 Å². The van der Waals surface area contributed by atoms with Gasteiger partial charge in [-0.05, 0) is 19.1 Å². The Morgan fingerprint density at radius 2 is 2.04 bits per heavy atom. The summed E-state index contributed by atoms with van der Waals surface area (Å²) in [5, 5.41) is 0. The van der Waals surface area contributed by atoms with Crippen LogP contribution in [0.3, 0.4) is 0 Å². The standard InChI is InChI=1S/C13H11F3N2O6S/c1-2-22-12(19)10-7-23-11(18-10)5-8-3-4-9(6-17-8)24-25(20,21)13(14,15)16/h3-4,6-7H,2,5H2,1H3. The van der Waals surface area contributed by atoms with Crippen LogP contribution in [0.4, 0.5) is 13.2 Å². The lowest BCUT2D eigenvalue weighted by molar-refractivity contribution is -0.0500. The first kappa shape index (κ1) is 18.7. The summed E-state index contributed by atoms with van der Waals surface area (Å²) in [6, 6.07) is 2.23. The number of halogens is 3. The van der Waals surface area contributed by atoms with Gasteiger partial charge in [-0.2, -0.15) is 21.6 Å². The van der Waals surface area contributed by atoms with E-state index in [1.165, 1.54) is 6.07 Å². The number of ether oxygens (including phenoxy) is 1. The Morgan fingerprint density at radius 1 is 1.32 bits per heavy atom. The number of oxazole rings is 1. The van der Waals surface area contributed by atoms with Crippen molar-refractivity contribution in [2.45, 2.75) is 18.9 Å². The van der Waals surface area contributed by atoms with E-state index in [-0.39, 0.29) is 24.6 Å². The van der Waals surface area contributed by atoms with Crippen LogP contribution in [-0.2, 0) is 21.3 Å². The third-order valence-electron chi connectivity index (χ3n) is 2.66. The molecular weight excluding hydrogens is 369 g/mol. The first-order chi connectivity index (χ1) is 11.6. The highest BCUT2D eigenvalue weighted by atomic mass is 32.2. The number of hydrogen-bond donors (Lipinski definition) is 0. The Balaban J connectivity index is 2.05. The lowest BCUT2D eigenvalue weighted by Gasteiger charge is -2.09. The van der Waals surface area contributed by atoms with Crippen LogP contribution in [0.5, 0.6) is 5.75 Å². The lowest BCUT2D eigenvalue weighted by atomic mass is 10.2. The average Bonchev–Trinajstić information content (AvgIpc) is 2.97. The predicted molar refractivity (Wildman–Crippen MR) is 75.1 cm³/mol. The number of esters is 1. The molecule has 0 aromatic carbocycles. The number of nitrogens with zero attached hydrogens (tertiary/aromatic N) is 2. The summed E-state index contributed by atoms with van der Waals surface area (Å²) in [5.74, 6) is -1.14. The molecule has 2 aromatic heterocycles. The van der Waals surface area contributed by atoms with Gasteiger partial charge < -0.3 is 13.3 Å². The second-order valence-corrected chi connectivity index (χ2v) is 6.03. The highest BCUT2D eigenvalue weighted by molar-refractivity contribution is 7.87. The number of rotatable bonds is 6. The van der Waals surface area contributed by atoms with Crippen LogP contribution in [0.15, 0.2) is 29.0 Å².